The summed E-state index contributed by atoms with van der Waals surface area (Å²) < 4.78 is 3.71. The van der Waals surface area contributed by atoms with E-state index < -0.39 is 0 Å². The highest BCUT2D eigenvalue weighted by atomic mass is 16.1. The van der Waals surface area contributed by atoms with Crippen LogP contribution in [0.5, 0.6) is 0 Å². The Bertz CT molecular complexity index is 2030. The number of benzene rings is 4. The molecule has 0 aliphatic rings. The highest BCUT2D eigenvalue weighted by molar-refractivity contribution is 6.28. The van der Waals surface area contributed by atoms with Crippen molar-refractivity contribution >= 4 is 65.2 Å². The van der Waals surface area contributed by atoms with Crippen LogP contribution in [0.3, 0.4) is 0 Å². The zero-order valence-electron chi connectivity index (χ0n) is 16.8. The van der Waals surface area contributed by atoms with Crippen molar-refractivity contribution in [3.63, 3.8) is 0 Å². The lowest BCUT2D eigenvalue weighted by molar-refractivity contribution is -0.494. The second-order valence-electron chi connectivity index (χ2n) is 8.47. The summed E-state index contributed by atoms with van der Waals surface area (Å²) in [4.78, 5) is 27.1. The van der Waals surface area contributed by atoms with Gasteiger partial charge in [-0.3, -0.25) is 0 Å². The average molecular weight is 410 g/mol. The maximum Gasteiger partial charge on any atom is 0.426 e. The number of hydrogen-bond acceptors (Lipinski definition) is 2. The van der Waals surface area contributed by atoms with Crippen LogP contribution < -0.4 is 19.9 Å². The molecule has 4 heterocycles. The summed E-state index contributed by atoms with van der Waals surface area (Å²) in [5.41, 5.74) is 3.55. The maximum atomic E-state index is 13.5. The largest absolute Gasteiger partial charge is 0.426 e. The Morgan fingerprint density at radius 3 is 1.22 bits per heavy atom. The van der Waals surface area contributed by atoms with E-state index in [1.54, 1.807) is 0 Å². The van der Waals surface area contributed by atoms with E-state index >= 15 is 0 Å². The first kappa shape index (κ1) is 16.3. The van der Waals surface area contributed by atoms with E-state index in [0.29, 0.717) is 10.8 Å². The van der Waals surface area contributed by atoms with Crippen LogP contribution in [0.2, 0.25) is 0 Å². The van der Waals surface area contributed by atoms with Gasteiger partial charge in [0.05, 0.1) is 32.3 Å². The van der Waals surface area contributed by atoms with Gasteiger partial charge < -0.3 is 0 Å². The molecule has 146 valence electrons. The highest BCUT2D eigenvalue weighted by Gasteiger charge is 2.33. The Labute approximate surface area is 179 Å². The molecule has 4 nitrogen and oxygen atoms in total. The molecule has 0 saturated heterocycles. The number of aromatic nitrogens is 2. The molecule has 4 aromatic heterocycles. The molecule has 0 unspecified atom stereocenters. The van der Waals surface area contributed by atoms with Crippen LogP contribution in [0.4, 0.5) is 0 Å². The van der Waals surface area contributed by atoms with Gasteiger partial charge in [-0.05, 0) is 36.4 Å². The Morgan fingerprint density at radius 1 is 0.406 bits per heavy atom. The summed E-state index contributed by atoms with van der Waals surface area (Å²) in [6.45, 7) is 0. The minimum atomic E-state index is -0.00428. The molecule has 4 heteroatoms. The van der Waals surface area contributed by atoms with E-state index in [4.69, 9.17) is 0 Å². The molecule has 0 saturated carbocycles. The topological polar surface area (TPSA) is 42.3 Å². The first-order chi connectivity index (χ1) is 15.8. The van der Waals surface area contributed by atoms with Crippen molar-refractivity contribution in [2.45, 2.75) is 0 Å². The molecule has 0 fully saturated rings. The van der Waals surface area contributed by atoms with Gasteiger partial charge in [0.2, 0.25) is 22.1 Å². The summed E-state index contributed by atoms with van der Waals surface area (Å²) in [6, 6.07) is 27.7. The lowest BCUT2D eigenvalue weighted by Gasteiger charge is -2.06. The van der Waals surface area contributed by atoms with Crippen LogP contribution in [-0.4, -0.2) is 0 Å². The predicted octanol–water partition coefficient (Wildman–Crippen LogP) is 3.96. The van der Waals surface area contributed by atoms with Gasteiger partial charge in [-0.2, -0.15) is 0 Å². The molecule has 0 aliphatic carbocycles. The van der Waals surface area contributed by atoms with E-state index in [9.17, 15) is 9.59 Å². The zero-order valence-corrected chi connectivity index (χ0v) is 16.8. The number of hydrogen-bond donors (Lipinski definition) is 0. The summed E-state index contributed by atoms with van der Waals surface area (Å²) in [5.74, 6) is 0. The molecule has 8 rings (SSSR count). The van der Waals surface area contributed by atoms with Crippen LogP contribution in [0, 0.1) is 0 Å². The Balaban J connectivity index is 1.88. The van der Waals surface area contributed by atoms with Crippen molar-refractivity contribution in [1.82, 2.24) is 0 Å². The predicted molar refractivity (Wildman–Crippen MR) is 126 cm³/mol. The molecule has 0 amide bonds. The van der Waals surface area contributed by atoms with Gasteiger partial charge >= 0.3 is 11.1 Å². The van der Waals surface area contributed by atoms with Crippen LogP contribution >= 0.6 is 0 Å². The third kappa shape index (κ3) is 1.62. The van der Waals surface area contributed by atoms with Crippen molar-refractivity contribution in [1.29, 1.82) is 0 Å². The Kier molecular flexibility index (Phi) is 2.66. The van der Waals surface area contributed by atoms with E-state index in [2.05, 4.69) is 12.1 Å². The van der Waals surface area contributed by atoms with E-state index in [-0.39, 0.29) is 11.1 Å². The van der Waals surface area contributed by atoms with Gasteiger partial charge in [0.15, 0.2) is 0 Å². The fourth-order valence-corrected chi connectivity index (χ4v) is 5.80. The lowest BCUT2D eigenvalue weighted by atomic mass is 9.97. The summed E-state index contributed by atoms with van der Waals surface area (Å²) in [7, 11) is 0. The van der Waals surface area contributed by atoms with Crippen molar-refractivity contribution in [3.05, 3.63) is 106 Å². The highest BCUT2D eigenvalue weighted by Crippen LogP contribution is 2.37. The second kappa shape index (κ2) is 5.24. The second-order valence-corrected chi connectivity index (χ2v) is 8.47. The number of rotatable bonds is 0. The Morgan fingerprint density at radius 2 is 0.781 bits per heavy atom. The molecule has 0 N–H and O–H groups in total. The fourth-order valence-electron chi connectivity index (χ4n) is 5.80. The van der Waals surface area contributed by atoms with Crippen molar-refractivity contribution < 1.29 is 8.80 Å². The quantitative estimate of drug-likeness (QED) is 0.281. The van der Waals surface area contributed by atoms with Gasteiger partial charge in [0.1, 0.15) is 10.8 Å². The van der Waals surface area contributed by atoms with Gasteiger partial charge in [-0.15, -0.1) is 8.80 Å². The van der Waals surface area contributed by atoms with Gasteiger partial charge in [-0.25, -0.2) is 9.59 Å². The summed E-state index contributed by atoms with van der Waals surface area (Å²) >= 11 is 0. The summed E-state index contributed by atoms with van der Waals surface area (Å²) in [5, 5.41) is 7.34. The first-order valence-corrected chi connectivity index (χ1v) is 10.6. The van der Waals surface area contributed by atoms with Gasteiger partial charge in [-0.1, -0.05) is 36.4 Å². The SMILES string of the molecule is O=c1c2ccccc2c2c3cccc4c3c3c(cccc3[n+]12)c1c2ccccc2c(=O)[n+]41. The van der Waals surface area contributed by atoms with Crippen LogP contribution in [0.15, 0.2) is 94.5 Å². The number of nitrogens with zero attached hydrogens (tertiary/aromatic N) is 2. The van der Waals surface area contributed by atoms with E-state index in [0.717, 1.165) is 54.4 Å². The molecule has 0 radical (unpaired) electrons. The van der Waals surface area contributed by atoms with Crippen LogP contribution in [0.25, 0.3) is 65.2 Å². The molecule has 8 aromatic rings. The minimum Gasteiger partial charge on any atom is -0.214 e. The smallest absolute Gasteiger partial charge is 0.214 e. The zero-order chi connectivity index (χ0) is 21.1. The number of pyridine rings is 2. The molecular formula is C28H14N2O2+2. The third-order valence-electron chi connectivity index (χ3n) is 7.01. The standard InChI is InChI=1S/C28H14N2O2/c31-27-17-9-3-1-7-15(17)25-19-11-5-14-22-23(19)24-20(12-6-13-21(24)29(25)27)26-16-8-2-4-10-18(16)28(32)30(22)26/h1-14H/q+2. The first-order valence-electron chi connectivity index (χ1n) is 10.6. The molecule has 0 atom stereocenters. The van der Waals surface area contributed by atoms with E-state index in [1.165, 1.54) is 0 Å². The van der Waals surface area contributed by atoms with Gasteiger partial charge in [0, 0.05) is 12.1 Å². The minimum absolute atomic E-state index is 0.00428. The molecule has 0 bridgehead atoms. The monoisotopic (exact) mass is 410 g/mol. The van der Waals surface area contributed by atoms with Crippen LogP contribution in [-0.2, 0) is 0 Å². The van der Waals surface area contributed by atoms with Crippen molar-refractivity contribution in [2.75, 3.05) is 0 Å². The lowest BCUT2D eigenvalue weighted by Crippen LogP contribution is -2.40. The molecule has 0 spiro atoms. The van der Waals surface area contributed by atoms with Crippen LogP contribution in [0.1, 0.15) is 0 Å². The molecular weight excluding hydrogens is 396 g/mol. The molecule has 0 aliphatic heterocycles. The maximum absolute atomic E-state index is 13.5. The normalized spacial score (nSPS) is 12.6. The number of fused-ring (bicyclic) bond motifs is 10. The van der Waals surface area contributed by atoms with Crippen molar-refractivity contribution in [2.24, 2.45) is 0 Å². The van der Waals surface area contributed by atoms with Crippen molar-refractivity contribution in [3.8, 4) is 0 Å². The third-order valence-corrected chi connectivity index (χ3v) is 7.01. The van der Waals surface area contributed by atoms with Gasteiger partial charge in [0.25, 0.3) is 0 Å². The fraction of sp³-hybridized carbons (Fsp3) is 0. The average Bonchev–Trinajstić information content (AvgIpc) is 3.31. The molecule has 4 aromatic carbocycles. The summed E-state index contributed by atoms with van der Waals surface area (Å²) in [6.07, 6.45) is 0. The molecule has 32 heavy (non-hydrogen) atoms. The Hall–Kier alpha value is -4.44. The van der Waals surface area contributed by atoms with E-state index in [1.807, 2.05) is 81.6 Å².